The molecule has 0 rings (SSSR count). The first kappa shape index (κ1) is 28.7. The fourth-order valence-corrected chi connectivity index (χ4v) is 4.69. The van der Waals surface area contributed by atoms with E-state index < -0.39 is 21.7 Å². The Hall–Kier alpha value is -0.260. The molecule has 0 radical (unpaired) electrons. The number of hydrogen-bond acceptors (Lipinski definition) is 4. The summed E-state index contributed by atoms with van der Waals surface area (Å²) in [5, 5.41) is 0. The van der Waals surface area contributed by atoms with Gasteiger partial charge in [0, 0.05) is 0 Å². The van der Waals surface area contributed by atoms with Crippen LogP contribution in [0.5, 0.6) is 0 Å². The lowest BCUT2D eigenvalue weighted by atomic mass is 9.94. The molecule has 0 bridgehead atoms. The van der Waals surface area contributed by atoms with Gasteiger partial charge < -0.3 is 14.7 Å². The molecule has 0 aliphatic rings. The lowest BCUT2D eigenvalue weighted by Crippen LogP contribution is -2.12. The topological polar surface area (TPSA) is 113 Å². The van der Waals surface area contributed by atoms with E-state index in [1.807, 2.05) is 20.8 Å². The van der Waals surface area contributed by atoms with E-state index in [9.17, 15) is 14.0 Å². The maximum absolute atomic E-state index is 12.0. The molecule has 0 aromatic carbocycles. The van der Waals surface area contributed by atoms with Crippen molar-refractivity contribution < 1.29 is 32.6 Å². The fourth-order valence-electron chi connectivity index (χ4n) is 2.95. The Balaban J connectivity index is 5.01. The van der Waals surface area contributed by atoms with Gasteiger partial charge >= 0.3 is 15.6 Å². The molecule has 29 heavy (non-hydrogen) atoms. The van der Waals surface area contributed by atoms with Crippen molar-refractivity contribution in [3.63, 3.8) is 0 Å². The molecule has 3 unspecified atom stereocenters. The maximum atomic E-state index is 12.0. The third-order valence-electron chi connectivity index (χ3n) is 4.46. The van der Waals surface area contributed by atoms with Crippen LogP contribution in [0.3, 0.4) is 0 Å². The summed E-state index contributed by atoms with van der Waals surface area (Å²) in [7, 11) is -10.0. The highest BCUT2D eigenvalue weighted by Gasteiger charge is 2.34. The predicted octanol–water partition coefficient (Wildman–Crippen LogP) is 6.52. The van der Waals surface area contributed by atoms with Gasteiger partial charge in [-0.15, -0.1) is 0 Å². The van der Waals surface area contributed by atoms with Crippen LogP contribution in [-0.2, 0) is 18.0 Å². The van der Waals surface area contributed by atoms with E-state index in [1.165, 1.54) is 5.57 Å². The van der Waals surface area contributed by atoms with E-state index in [4.69, 9.17) is 14.3 Å². The second-order valence-corrected chi connectivity index (χ2v) is 11.3. The van der Waals surface area contributed by atoms with Crippen LogP contribution in [0.25, 0.3) is 0 Å². The van der Waals surface area contributed by atoms with Crippen molar-refractivity contribution in [1.82, 2.24) is 0 Å². The Kier molecular flexibility index (Phi) is 13.8. The van der Waals surface area contributed by atoms with Gasteiger partial charge in [-0.2, -0.15) is 4.31 Å². The quantitative estimate of drug-likeness (QED) is 0.191. The standard InChI is InChI=1S/C20H40O7P2/c1-16(2)9-7-11-18(5)13-14-20(15-19(6)12-8-10-17(3)4)26-29(24,25)27-28(21,22)23/h10,15-16,18,20H,7-9,11-14H2,1-6H3,(H,24,25)(H2,21,22,23)/b19-15+. The highest BCUT2D eigenvalue weighted by molar-refractivity contribution is 7.60. The van der Waals surface area contributed by atoms with Gasteiger partial charge in [-0.25, -0.2) is 9.13 Å². The van der Waals surface area contributed by atoms with Crippen molar-refractivity contribution in [3.05, 3.63) is 23.3 Å². The van der Waals surface area contributed by atoms with E-state index >= 15 is 0 Å². The van der Waals surface area contributed by atoms with E-state index in [-0.39, 0.29) is 0 Å². The summed E-state index contributed by atoms with van der Waals surface area (Å²) in [4.78, 5) is 27.4. The number of rotatable bonds is 15. The van der Waals surface area contributed by atoms with Crippen molar-refractivity contribution in [3.8, 4) is 0 Å². The van der Waals surface area contributed by atoms with Gasteiger partial charge in [0.15, 0.2) is 0 Å². The zero-order chi connectivity index (χ0) is 22.7. The second kappa shape index (κ2) is 13.9. The van der Waals surface area contributed by atoms with Gasteiger partial charge in [0.1, 0.15) is 0 Å². The van der Waals surface area contributed by atoms with E-state index in [2.05, 4.69) is 31.2 Å². The minimum atomic E-state index is -5.14. The second-order valence-electron chi connectivity index (χ2n) is 8.53. The molecule has 0 saturated heterocycles. The van der Waals surface area contributed by atoms with Gasteiger partial charge in [0.05, 0.1) is 6.10 Å². The molecular weight excluding hydrogens is 414 g/mol. The van der Waals surface area contributed by atoms with Crippen molar-refractivity contribution in [2.45, 2.75) is 92.6 Å². The van der Waals surface area contributed by atoms with Crippen LogP contribution in [0.15, 0.2) is 23.3 Å². The number of phosphoric ester groups is 1. The molecule has 0 amide bonds. The summed E-state index contributed by atoms with van der Waals surface area (Å²) in [6, 6.07) is 0. The smallest absolute Gasteiger partial charge is 0.302 e. The minimum absolute atomic E-state index is 0.417. The van der Waals surface area contributed by atoms with Gasteiger partial charge in [0.25, 0.3) is 0 Å². The zero-order valence-corrected chi connectivity index (χ0v) is 20.5. The van der Waals surface area contributed by atoms with Crippen LogP contribution in [0, 0.1) is 11.8 Å². The van der Waals surface area contributed by atoms with Gasteiger partial charge in [-0.05, 0) is 58.3 Å². The Morgan fingerprint density at radius 2 is 1.59 bits per heavy atom. The molecule has 0 spiro atoms. The normalized spacial score (nSPS) is 17.1. The van der Waals surface area contributed by atoms with E-state index in [1.54, 1.807) is 6.08 Å². The molecule has 0 heterocycles. The molecule has 0 saturated carbocycles. The van der Waals surface area contributed by atoms with E-state index in [0.717, 1.165) is 44.1 Å². The predicted molar refractivity (Wildman–Crippen MR) is 117 cm³/mol. The van der Waals surface area contributed by atoms with Crippen molar-refractivity contribution in [2.24, 2.45) is 11.8 Å². The monoisotopic (exact) mass is 454 g/mol. The van der Waals surface area contributed by atoms with Crippen molar-refractivity contribution in [2.75, 3.05) is 0 Å². The third-order valence-corrected chi connectivity index (χ3v) is 6.68. The molecule has 0 aromatic rings. The molecular formula is C20H40O7P2. The molecule has 9 heteroatoms. The SMILES string of the molecule is CC(C)=CCC/C(C)=C/C(CCC(C)CCCC(C)C)OP(=O)(O)OP(=O)(O)O. The summed E-state index contributed by atoms with van der Waals surface area (Å²) in [6.07, 6.45) is 9.32. The largest absolute Gasteiger partial charge is 0.481 e. The molecule has 3 N–H and O–H groups in total. The van der Waals surface area contributed by atoms with Crippen LogP contribution in [-0.4, -0.2) is 20.8 Å². The molecule has 0 aliphatic carbocycles. The highest BCUT2D eigenvalue weighted by atomic mass is 31.3. The summed E-state index contributed by atoms with van der Waals surface area (Å²) < 4.78 is 32.0. The van der Waals surface area contributed by atoms with Crippen LogP contribution in [0.2, 0.25) is 0 Å². The average molecular weight is 454 g/mol. The molecule has 0 aliphatic heterocycles. The average Bonchev–Trinajstić information content (AvgIpc) is 2.49. The van der Waals surface area contributed by atoms with Crippen LogP contribution < -0.4 is 0 Å². The van der Waals surface area contributed by atoms with Gasteiger partial charge in [-0.1, -0.05) is 63.3 Å². The molecule has 0 fully saturated rings. The first-order chi connectivity index (χ1) is 13.2. The van der Waals surface area contributed by atoms with Gasteiger partial charge in [-0.3, -0.25) is 4.52 Å². The number of allylic oxidation sites excluding steroid dienone is 3. The first-order valence-corrected chi connectivity index (χ1v) is 13.3. The molecule has 0 aromatic heterocycles. The van der Waals surface area contributed by atoms with Gasteiger partial charge in [0.2, 0.25) is 0 Å². The van der Waals surface area contributed by atoms with Crippen molar-refractivity contribution in [1.29, 1.82) is 0 Å². The number of phosphoric acid groups is 2. The maximum Gasteiger partial charge on any atom is 0.481 e. The van der Waals surface area contributed by atoms with Crippen LogP contribution in [0.1, 0.15) is 86.5 Å². The first-order valence-electron chi connectivity index (χ1n) is 10.3. The molecule has 7 nitrogen and oxygen atoms in total. The summed E-state index contributed by atoms with van der Waals surface area (Å²) in [6.45, 7) is 12.5. The highest BCUT2D eigenvalue weighted by Crippen LogP contribution is 2.58. The van der Waals surface area contributed by atoms with Crippen LogP contribution >= 0.6 is 15.6 Å². The summed E-state index contributed by atoms with van der Waals surface area (Å²) >= 11 is 0. The van der Waals surface area contributed by atoms with Crippen molar-refractivity contribution >= 4 is 15.6 Å². The summed E-state index contributed by atoms with van der Waals surface area (Å²) in [5.41, 5.74) is 2.20. The lowest BCUT2D eigenvalue weighted by molar-refractivity contribution is 0.141. The molecule has 3 atom stereocenters. The van der Waals surface area contributed by atoms with Crippen LogP contribution in [0.4, 0.5) is 0 Å². The Morgan fingerprint density at radius 1 is 0.966 bits per heavy atom. The Labute approximate surface area is 176 Å². The minimum Gasteiger partial charge on any atom is -0.302 e. The Morgan fingerprint density at radius 3 is 2.10 bits per heavy atom. The third kappa shape index (κ3) is 18.2. The lowest BCUT2D eigenvalue weighted by Gasteiger charge is -2.21. The zero-order valence-electron chi connectivity index (χ0n) is 18.7. The summed E-state index contributed by atoms with van der Waals surface area (Å²) in [5.74, 6) is 1.08. The fraction of sp³-hybridized carbons (Fsp3) is 0.800. The number of hydrogen-bond donors (Lipinski definition) is 3. The van der Waals surface area contributed by atoms with E-state index in [0.29, 0.717) is 18.3 Å². The Bertz CT molecular complexity index is 618. The molecule has 172 valence electrons.